The molecule has 2 rings (SSSR count). The van der Waals surface area contributed by atoms with Crippen LogP contribution in [0.2, 0.25) is 4.34 Å². The number of hydrogen-bond donors (Lipinski definition) is 1. The quantitative estimate of drug-likeness (QED) is 0.893. The Morgan fingerprint density at radius 1 is 1.69 bits per heavy atom. The molecule has 1 aliphatic carbocycles. The van der Waals surface area contributed by atoms with Gasteiger partial charge in [-0.25, -0.2) is 0 Å². The molecule has 0 saturated heterocycles. The van der Waals surface area contributed by atoms with Crippen LogP contribution in [0.15, 0.2) is 12.1 Å². The SMILES string of the molecule is C[C@@H](SCc1ccc(Cl)s1)C(=O)NC1CC1. The first kappa shape index (κ1) is 12.3. The smallest absolute Gasteiger partial charge is 0.233 e. The Hall–Kier alpha value is -0.190. The van der Waals surface area contributed by atoms with Crippen molar-refractivity contribution < 1.29 is 4.79 Å². The molecule has 0 unspecified atom stereocenters. The van der Waals surface area contributed by atoms with Crippen LogP contribution in [0.3, 0.4) is 0 Å². The minimum absolute atomic E-state index is 0.0153. The Morgan fingerprint density at radius 3 is 3.00 bits per heavy atom. The molecular formula is C11H14ClNOS2. The molecule has 1 aliphatic rings. The molecule has 0 bridgehead atoms. The van der Waals surface area contributed by atoms with E-state index in [0.717, 1.165) is 22.9 Å². The maximum atomic E-state index is 11.7. The maximum Gasteiger partial charge on any atom is 0.233 e. The fourth-order valence-corrected chi connectivity index (χ4v) is 3.31. The van der Waals surface area contributed by atoms with E-state index in [2.05, 4.69) is 5.32 Å². The molecule has 0 aliphatic heterocycles. The predicted octanol–water partition coefficient (Wildman–Crippen LogP) is 3.30. The summed E-state index contributed by atoms with van der Waals surface area (Å²) in [6.45, 7) is 1.96. The van der Waals surface area contributed by atoms with E-state index in [1.54, 1.807) is 23.1 Å². The summed E-state index contributed by atoms with van der Waals surface area (Å²) in [5.41, 5.74) is 0. The Morgan fingerprint density at radius 2 is 2.44 bits per heavy atom. The number of hydrogen-bond acceptors (Lipinski definition) is 3. The Balaban J connectivity index is 1.73. The molecule has 0 aromatic carbocycles. The molecular weight excluding hydrogens is 262 g/mol. The van der Waals surface area contributed by atoms with Gasteiger partial charge in [0.1, 0.15) is 0 Å². The lowest BCUT2D eigenvalue weighted by Gasteiger charge is -2.10. The largest absolute Gasteiger partial charge is 0.352 e. The summed E-state index contributed by atoms with van der Waals surface area (Å²) in [5.74, 6) is 1.02. The molecule has 1 saturated carbocycles. The van der Waals surface area contributed by atoms with Crippen LogP contribution in [-0.2, 0) is 10.5 Å². The Bertz CT molecular complexity index is 376. The average molecular weight is 276 g/mol. The van der Waals surface area contributed by atoms with Gasteiger partial charge in [0, 0.05) is 16.7 Å². The lowest BCUT2D eigenvalue weighted by molar-refractivity contribution is -0.120. The molecule has 1 atom stereocenters. The van der Waals surface area contributed by atoms with E-state index in [0.29, 0.717) is 6.04 Å². The Kier molecular flexibility index (Phi) is 4.16. The van der Waals surface area contributed by atoms with Crippen molar-refractivity contribution in [3.05, 3.63) is 21.3 Å². The Labute approximate surface area is 109 Å². The summed E-state index contributed by atoms with van der Waals surface area (Å²) >= 11 is 9.09. The first-order chi connectivity index (χ1) is 7.65. The number of thiophene rings is 1. The summed E-state index contributed by atoms with van der Waals surface area (Å²) < 4.78 is 0.811. The summed E-state index contributed by atoms with van der Waals surface area (Å²) in [4.78, 5) is 12.9. The second-order valence-electron chi connectivity index (χ2n) is 3.94. The van der Waals surface area contributed by atoms with E-state index in [1.807, 2.05) is 19.1 Å². The van der Waals surface area contributed by atoms with Gasteiger partial charge >= 0.3 is 0 Å². The van der Waals surface area contributed by atoms with Gasteiger partial charge < -0.3 is 5.32 Å². The zero-order valence-corrected chi connectivity index (χ0v) is 11.4. The van der Waals surface area contributed by atoms with Crippen LogP contribution in [-0.4, -0.2) is 17.2 Å². The summed E-state index contributed by atoms with van der Waals surface area (Å²) in [5, 5.41) is 3.03. The minimum atomic E-state index is 0.0153. The molecule has 1 aromatic rings. The third kappa shape index (κ3) is 3.68. The molecule has 5 heteroatoms. The highest BCUT2D eigenvalue weighted by Gasteiger charge is 2.25. The van der Waals surface area contributed by atoms with Crippen molar-refractivity contribution in [1.82, 2.24) is 5.32 Å². The van der Waals surface area contributed by atoms with Crippen LogP contribution >= 0.6 is 34.7 Å². The number of carbonyl (C=O) groups is 1. The van der Waals surface area contributed by atoms with Crippen molar-refractivity contribution in [2.75, 3.05) is 0 Å². The fourth-order valence-electron chi connectivity index (χ4n) is 1.26. The van der Waals surface area contributed by atoms with Crippen LogP contribution in [0.25, 0.3) is 0 Å². The topological polar surface area (TPSA) is 29.1 Å². The van der Waals surface area contributed by atoms with Gasteiger partial charge in [0.2, 0.25) is 5.91 Å². The van der Waals surface area contributed by atoms with Crippen molar-refractivity contribution in [3.8, 4) is 0 Å². The van der Waals surface area contributed by atoms with E-state index >= 15 is 0 Å². The van der Waals surface area contributed by atoms with Crippen molar-refractivity contribution in [2.45, 2.75) is 36.8 Å². The van der Waals surface area contributed by atoms with Gasteiger partial charge in [0.25, 0.3) is 0 Å². The number of amides is 1. The third-order valence-electron chi connectivity index (χ3n) is 2.40. The lowest BCUT2D eigenvalue weighted by Crippen LogP contribution is -2.32. The first-order valence-electron chi connectivity index (χ1n) is 5.31. The van der Waals surface area contributed by atoms with Gasteiger partial charge in [-0.15, -0.1) is 23.1 Å². The lowest BCUT2D eigenvalue weighted by atomic mass is 10.4. The van der Waals surface area contributed by atoms with Crippen LogP contribution in [0, 0.1) is 0 Å². The van der Waals surface area contributed by atoms with Crippen molar-refractivity contribution in [1.29, 1.82) is 0 Å². The van der Waals surface area contributed by atoms with Crippen LogP contribution in [0.4, 0.5) is 0 Å². The molecule has 0 spiro atoms. The number of nitrogens with one attached hydrogen (secondary N) is 1. The molecule has 1 amide bonds. The normalized spacial score (nSPS) is 17.1. The summed E-state index contributed by atoms with van der Waals surface area (Å²) in [6.07, 6.45) is 2.29. The molecule has 1 heterocycles. The van der Waals surface area contributed by atoms with Gasteiger partial charge in [-0.2, -0.15) is 0 Å². The molecule has 1 N–H and O–H groups in total. The van der Waals surface area contributed by atoms with Gasteiger partial charge in [0.15, 0.2) is 0 Å². The number of halogens is 1. The van der Waals surface area contributed by atoms with Gasteiger partial charge in [0.05, 0.1) is 9.59 Å². The van der Waals surface area contributed by atoms with Gasteiger partial charge in [-0.05, 0) is 31.9 Å². The standard InChI is InChI=1S/C11H14ClNOS2/c1-7(11(14)13-8-2-3-8)15-6-9-4-5-10(12)16-9/h4-5,7-8H,2-3,6H2,1H3,(H,13,14)/t7-/m1/s1. The molecule has 1 aromatic heterocycles. The molecule has 88 valence electrons. The number of thioether (sulfide) groups is 1. The fraction of sp³-hybridized carbons (Fsp3) is 0.545. The molecule has 2 nitrogen and oxygen atoms in total. The highest BCUT2D eigenvalue weighted by molar-refractivity contribution is 7.99. The van der Waals surface area contributed by atoms with Crippen molar-refractivity contribution >= 4 is 40.6 Å². The van der Waals surface area contributed by atoms with Crippen LogP contribution < -0.4 is 5.32 Å². The van der Waals surface area contributed by atoms with Crippen LogP contribution in [0.1, 0.15) is 24.6 Å². The van der Waals surface area contributed by atoms with Crippen LogP contribution in [0.5, 0.6) is 0 Å². The van der Waals surface area contributed by atoms with E-state index in [-0.39, 0.29) is 11.2 Å². The second kappa shape index (κ2) is 5.43. The maximum absolute atomic E-state index is 11.7. The first-order valence-corrected chi connectivity index (χ1v) is 7.55. The number of rotatable bonds is 5. The van der Waals surface area contributed by atoms with E-state index in [9.17, 15) is 4.79 Å². The average Bonchev–Trinajstić information content (AvgIpc) is 2.96. The van der Waals surface area contributed by atoms with Gasteiger partial charge in [-0.3, -0.25) is 4.79 Å². The molecule has 1 fully saturated rings. The van der Waals surface area contributed by atoms with Crippen molar-refractivity contribution in [2.24, 2.45) is 0 Å². The molecule has 0 radical (unpaired) electrons. The zero-order chi connectivity index (χ0) is 11.5. The summed E-state index contributed by atoms with van der Waals surface area (Å²) in [7, 11) is 0. The highest BCUT2D eigenvalue weighted by Crippen LogP contribution is 2.27. The van der Waals surface area contributed by atoms with Gasteiger partial charge in [-0.1, -0.05) is 11.6 Å². The minimum Gasteiger partial charge on any atom is -0.352 e. The van der Waals surface area contributed by atoms with Crippen molar-refractivity contribution in [3.63, 3.8) is 0 Å². The predicted molar refractivity (Wildman–Crippen MR) is 71.3 cm³/mol. The van der Waals surface area contributed by atoms with E-state index in [1.165, 1.54) is 4.88 Å². The zero-order valence-electron chi connectivity index (χ0n) is 9.03. The third-order valence-corrected chi connectivity index (χ3v) is 5.00. The number of carbonyl (C=O) groups excluding carboxylic acids is 1. The summed E-state index contributed by atoms with van der Waals surface area (Å²) in [6, 6.07) is 4.37. The molecule has 16 heavy (non-hydrogen) atoms. The monoisotopic (exact) mass is 275 g/mol. The van der Waals surface area contributed by atoms with E-state index in [4.69, 9.17) is 11.6 Å². The highest BCUT2D eigenvalue weighted by atomic mass is 35.5. The van der Waals surface area contributed by atoms with E-state index < -0.39 is 0 Å². The second-order valence-corrected chi connectivity index (χ2v) is 7.07.